The van der Waals surface area contributed by atoms with Gasteiger partial charge in [0.05, 0.1) is 24.7 Å². The van der Waals surface area contributed by atoms with Crippen molar-refractivity contribution in [3.8, 4) is 17.3 Å². The maximum atomic E-state index is 12.6. The number of hydrogen-bond acceptors (Lipinski definition) is 5. The molecule has 1 aliphatic heterocycles. The van der Waals surface area contributed by atoms with Crippen LogP contribution in [0.15, 0.2) is 35.1 Å². The van der Waals surface area contributed by atoms with Crippen molar-refractivity contribution in [1.82, 2.24) is 9.78 Å². The Labute approximate surface area is 141 Å². The molecule has 6 nitrogen and oxygen atoms in total. The summed E-state index contributed by atoms with van der Waals surface area (Å²) in [6.07, 6.45) is 3.60. The topological polar surface area (TPSA) is 87.9 Å². The molecule has 1 aromatic carbocycles. The Morgan fingerprint density at radius 2 is 1.88 bits per heavy atom. The zero-order valence-electron chi connectivity index (χ0n) is 13.6. The number of aromatic nitrogens is 2. The van der Waals surface area contributed by atoms with Crippen molar-refractivity contribution >= 4 is 11.4 Å². The molecule has 1 aromatic heterocycles. The van der Waals surface area contributed by atoms with E-state index >= 15 is 0 Å². The van der Waals surface area contributed by atoms with Gasteiger partial charge in [0.25, 0.3) is 5.56 Å². The minimum atomic E-state index is -0.314. The third kappa shape index (κ3) is 3.11. The Morgan fingerprint density at radius 3 is 2.54 bits per heavy atom. The van der Waals surface area contributed by atoms with E-state index in [-0.39, 0.29) is 24.2 Å². The van der Waals surface area contributed by atoms with Crippen LogP contribution in [-0.4, -0.2) is 22.9 Å². The maximum Gasteiger partial charge on any atom is 0.292 e. The molecule has 0 aliphatic carbocycles. The first-order valence-corrected chi connectivity index (χ1v) is 8.30. The zero-order valence-corrected chi connectivity index (χ0v) is 13.6. The molecule has 3 rings (SSSR count). The minimum absolute atomic E-state index is 0.226. The lowest BCUT2D eigenvalue weighted by Gasteiger charge is -2.31. The molecular weight excluding hydrogens is 302 g/mol. The van der Waals surface area contributed by atoms with E-state index in [1.807, 2.05) is 36.4 Å². The average Bonchev–Trinajstić information content (AvgIpc) is 2.64. The number of hydrogen-bond donors (Lipinski definition) is 1. The van der Waals surface area contributed by atoms with Gasteiger partial charge >= 0.3 is 0 Å². The largest absolute Gasteiger partial charge is 0.392 e. The number of nitrogens with two attached hydrogens (primary N) is 1. The van der Waals surface area contributed by atoms with Gasteiger partial charge in [-0.15, -0.1) is 0 Å². The Balaban J connectivity index is 2.16. The van der Waals surface area contributed by atoms with E-state index in [1.54, 1.807) is 0 Å². The predicted octanol–water partition coefficient (Wildman–Crippen LogP) is 2.40. The van der Waals surface area contributed by atoms with Crippen molar-refractivity contribution in [1.29, 1.82) is 5.26 Å². The van der Waals surface area contributed by atoms with Crippen LogP contribution in [-0.2, 0) is 6.54 Å². The van der Waals surface area contributed by atoms with E-state index in [0.29, 0.717) is 5.69 Å². The van der Waals surface area contributed by atoms with Crippen LogP contribution < -0.4 is 16.2 Å². The van der Waals surface area contributed by atoms with Crippen molar-refractivity contribution < 1.29 is 0 Å². The van der Waals surface area contributed by atoms with Gasteiger partial charge in [0, 0.05) is 18.7 Å². The third-order valence-electron chi connectivity index (χ3n) is 4.32. The van der Waals surface area contributed by atoms with Gasteiger partial charge < -0.3 is 10.6 Å². The molecule has 24 heavy (non-hydrogen) atoms. The lowest BCUT2D eigenvalue weighted by atomic mass is 10.1. The molecule has 0 radical (unpaired) electrons. The summed E-state index contributed by atoms with van der Waals surface area (Å²) in [4.78, 5) is 14.7. The molecule has 2 N–H and O–H groups in total. The normalized spacial score (nSPS) is 14.4. The SMILES string of the molecule is N#CCCn1nc(-c2ccccc2)c(N2CCCCC2)c(N)c1=O. The number of piperidine rings is 1. The van der Waals surface area contributed by atoms with Crippen LogP contribution in [0.5, 0.6) is 0 Å². The fourth-order valence-corrected chi connectivity index (χ4v) is 3.12. The molecule has 0 bridgehead atoms. The van der Waals surface area contributed by atoms with E-state index in [4.69, 9.17) is 11.0 Å². The van der Waals surface area contributed by atoms with Gasteiger partial charge in [-0.1, -0.05) is 30.3 Å². The molecule has 1 aliphatic rings. The molecule has 2 aromatic rings. The maximum absolute atomic E-state index is 12.6. The quantitative estimate of drug-likeness (QED) is 0.933. The van der Waals surface area contributed by atoms with Gasteiger partial charge in [-0.2, -0.15) is 10.4 Å². The standard InChI is InChI=1S/C18H21N5O/c19-10-7-13-23-18(24)15(20)17(22-11-5-2-6-12-22)16(21-23)14-8-3-1-4-9-14/h1,3-4,8-9H,2,5-7,11-13,20H2. The number of nitrogens with zero attached hydrogens (tertiary/aromatic N) is 4. The summed E-state index contributed by atoms with van der Waals surface area (Å²) in [5, 5.41) is 13.3. The number of benzene rings is 1. The number of aryl methyl sites for hydroxylation is 1. The molecule has 0 amide bonds. The third-order valence-corrected chi connectivity index (χ3v) is 4.32. The van der Waals surface area contributed by atoms with Crippen LogP contribution >= 0.6 is 0 Å². The van der Waals surface area contributed by atoms with E-state index in [9.17, 15) is 4.79 Å². The van der Waals surface area contributed by atoms with E-state index in [1.165, 1.54) is 11.1 Å². The summed E-state index contributed by atoms with van der Waals surface area (Å²) in [5.41, 5.74) is 8.51. The van der Waals surface area contributed by atoms with E-state index in [2.05, 4.69) is 10.00 Å². The second-order valence-electron chi connectivity index (χ2n) is 5.96. The van der Waals surface area contributed by atoms with Crippen LogP contribution in [0.25, 0.3) is 11.3 Å². The first-order valence-electron chi connectivity index (χ1n) is 8.30. The van der Waals surface area contributed by atoms with Gasteiger partial charge in [0.1, 0.15) is 11.4 Å². The van der Waals surface area contributed by atoms with Crippen molar-refractivity contribution in [3.63, 3.8) is 0 Å². The van der Waals surface area contributed by atoms with Crippen molar-refractivity contribution in [2.24, 2.45) is 0 Å². The summed E-state index contributed by atoms with van der Waals surface area (Å²) >= 11 is 0. The molecule has 0 atom stereocenters. The van der Waals surface area contributed by atoms with Crippen molar-refractivity contribution in [3.05, 3.63) is 40.7 Å². The summed E-state index contributed by atoms with van der Waals surface area (Å²) in [6.45, 7) is 2.01. The van der Waals surface area contributed by atoms with Crippen molar-refractivity contribution in [2.75, 3.05) is 23.7 Å². The van der Waals surface area contributed by atoms with Crippen LogP contribution in [0.4, 0.5) is 11.4 Å². The highest BCUT2D eigenvalue weighted by Crippen LogP contribution is 2.33. The highest BCUT2D eigenvalue weighted by atomic mass is 16.1. The first kappa shape index (κ1) is 16.1. The van der Waals surface area contributed by atoms with Gasteiger partial charge in [0.15, 0.2) is 0 Å². The fourth-order valence-electron chi connectivity index (χ4n) is 3.12. The smallest absolute Gasteiger partial charge is 0.292 e. The molecule has 1 fully saturated rings. The lowest BCUT2D eigenvalue weighted by molar-refractivity contribution is 0.567. The first-order chi connectivity index (χ1) is 11.7. The molecule has 0 saturated carbocycles. The molecular formula is C18H21N5O. The minimum Gasteiger partial charge on any atom is -0.392 e. The number of nitriles is 1. The van der Waals surface area contributed by atoms with E-state index < -0.39 is 0 Å². The Morgan fingerprint density at radius 1 is 1.17 bits per heavy atom. The summed E-state index contributed by atoms with van der Waals surface area (Å²) in [6, 6.07) is 11.8. The summed E-state index contributed by atoms with van der Waals surface area (Å²) in [5.74, 6) is 0. The van der Waals surface area contributed by atoms with Crippen LogP contribution in [0.3, 0.4) is 0 Å². The molecule has 0 unspecified atom stereocenters. The number of rotatable bonds is 4. The lowest BCUT2D eigenvalue weighted by Crippen LogP contribution is -2.35. The summed E-state index contributed by atoms with van der Waals surface area (Å²) in [7, 11) is 0. The van der Waals surface area contributed by atoms with Gasteiger partial charge in [-0.05, 0) is 19.3 Å². The Bertz CT molecular complexity index is 801. The van der Waals surface area contributed by atoms with Gasteiger partial charge in [-0.3, -0.25) is 4.79 Å². The highest BCUT2D eigenvalue weighted by Gasteiger charge is 2.23. The second kappa shape index (κ2) is 7.18. The highest BCUT2D eigenvalue weighted by molar-refractivity contribution is 5.83. The van der Waals surface area contributed by atoms with Crippen LogP contribution in [0.1, 0.15) is 25.7 Å². The van der Waals surface area contributed by atoms with Gasteiger partial charge in [0.2, 0.25) is 0 Å². The zero-order chi connectivity index (χ0) is 16.9. The summed E-state index contributed by atoms with van der Waals surface area (Å²) < 4.78 is 1.31. The Hall–Kier alpha value is -2.81. The van der Waals surface area contributed by atoms with Crippen LogP contribution in [0, 0.1) is 11.3 Å². The predicted molar refractivity (Wildman–Crippen MR) is 94.6 cm³/mol. The second-order valence-corrected chi connectivity index (χ2v) is 5.96. The number of nitrogen functional groups attached to an aromatic ring is 1. The fraction of sp³-hybridized carbons (Fsp3) is 0.389. The molecule has 124 valence electrons. The number of anilines is 2. The molecule has 6 heteroatoms. The monoisotopic (exact) mass is 323 g/mol. The molecule has 1 saturated heterocycles. The van der Waals surface area contributed by atoms with Crippen LogP contribution in [0.2, 0.25) is 0 Å². The Kier molecular flexibility index (Phi) is 4.80. The molecule has 2 heterocycles. The van der Waals surface area contributed by atoms with E-state index in [0.717, 1.165) is 37.2 Å². The van der Waals surface area contributed by atoms with Crippen molar-refractivity contribution in [2.45, 2.75) is 32.2 Å². The average molecular weight is 323 g/mol. The molecule has 0 spiro atoms. The van der Waals surface area contributed by atoms with Gasteiger partial charge in [-0.25, -0.2) is 4.68 Å².